The van der Waals surface area contributed by atoms with Crippen molar-refractivity contribution in [2.75, 3.05) is 14.2 Å². The van der Waals surface area contributed by atoms with Crippen LogP contribution in [0.5, 0.6) is 5.75 Å². The predicted molar refractivity (Wildman–Crippen MR) is 80.3 cm³/mol. The first kappa shape index (κ1) is 15.1. The van der Waals surface area contributed by atoms with Crippen molar-refractivity contribution in [3.8, 4) is 5.75 Å². The van der Waals surface area contributed by atoms with E-state index in [0.717, 1.165) is 5.56 Å². The smallest absolute Gasteiger partial charge is 0.175 e. The summed E-state index contributed by atoms with van der Waals surface area (Å²) in [6, 6.07) is 6.55. The van der Waals surface area contributed by atoms with Gasteiger partial charge in [-0.1, -0.05) is 12.1 Å². The normalized spacial score (nSPS) is 31.2. The fraction of sp³-hybridized carbons (Fsp3) is 0.471. The van der Waals surface area contributed by atoms with Crippen molar-refractivity contribution in [2.45, 2.75) is 31.2 Å². The van der Waals surface area contributed by atoms with E-state index in [1.54, 1.807) is 38.5 Å². The zero-order chi connectivity index (χ0) is 15.7. The monoisotopic (exact) mass is 304 g/mol. The van der Waals surface area contributed by atoms with Gasteiger partial charge in [0.25, 0.3) is 0 Å². The standard InChI is InChI=1S/C17H20O5/c1-20-12-7-14(21-2)16-15(8-12)22-9-13(17(16)19)10-3-5-11(18)6-4-10/h3-6,9,12,14-16,18H,7-8H2,1-2H3. The average Bonchev–Trinajstić information content (AvgIpc) is 2.55. The summed E-state index contributed by atoms with van der Waals surface area (Å²) < 4.78 is 16.7. The van der Waals surface area contributed by atoms with Gasteiger partial charge in [0.15, 0.2) is 5.78 Å². The number of benzene rings is 1. The number of Topliss-reactive ketones (excluding diaryl/α,β-unsaturated/α-hetero) is 1. The SMILES string of the molecule is COC1CC(OC)C2C(=O)C(c3ccc(O)cc3)=COC2C1. The van der Waals surface area contributed by atoms with E-state index in [1.807, 2.05) is 0 Å². The number of carbonyl (C=O) groups is 1. The number of carbonyl (C=O) groups excluding carboxylic acids is 1. The average molecular weight is 304 g/mol. The number of allylic oxidation sites excluding steroid dienone is 1. The summed E-state index contributed by atoms with van der Waals surface area (Å²) in [6.45, 7) is 0. The van der Waals surface area contributed by atoms with Crippen LogP contribution in [-0.4, -0.2) is 43.4 Å². The Bertz CT molecular complexity index is 577. The number of rotatable bonds is 3. The minimum absolute atomic E-state index is 0.0309. The predicted octanol–water partition coefficient (Wildman–Crippen LogP) is 2.14. The first-order valence-electron chi connectivity index (χ1n) is 7.39. The van der Waals surface area contributed by atoms with Gasteiger partial charge in [-0.25, -0.2) is 0 Å². The molecule has 4 unspecified atom stereocenters. The van der Waals surface area contributed by atoms with Crippen LogP contribution in [0.15, 0.2) is 30.5 Å². The topological polar surface area (TPSA) is 65.0 Å². The second-order valence-corrected chi connectivity index (χ2v) is 5.75. The Labute approximate surface area is 129 Å². The molecule has 118 valence electrons. The molecule has 5 heteroatoms. The Morgan fingerprint density at radius 2 is 1.86 bits per heavy atom. The fourth-order valence-electron chi connectivity index (χ4n) is 3.30. The van der Waals surface area contributed by atoms with Crippen LogP contribution in [0, 0.1) is 5.92 Å². The lowest BCUT2D eigenvalue weighted by molar-refractivity contribution is -0.142. The summed E-state index contributed by atoms with van der Waals surface area (Å²) in [5.41, 5.74) is 1.27. The molecule has 3 rings (SSSR count). The molecule has 0 amide bonds. The highest BCUT2D eigenvalue weighted by Gasteiger charge is 2.46. The van der Waals surface area contributed by atoms with Gasteiger partial charge in [-0.3, -0.25) is 4.79 Å². The molecule has 2 aliphatic rings. The highest BCUT2D eigenvalue weighted by Crippen LogP contribution is 2.38. The molecule has 1 aromatic rings. The van der Waals surface area contributed by atoms with Crippen molar-refractivity contribution < 1.29 is 24.1 Å². The van der Waals surface area contributed by atoms with Gasteiger partial charge >= 0.3 is 0 Å². The molecule has 0 aromatic heterocycles. The Kier molecular flexibility index (Phi) is 4.18. The number of phenolic OH excluding ortho intramolecular Hbond substituents is 1. The molecule has 1 aromatic carbocycles. The Balaban J connectivity index is 1.89. The van der Waals surface area contributed by atoms with Gasteiger partial charge < -0.3 is 19.3 Å². The molecule has 0 bridgehead atoms. The van der Waals surface area contributed by atoms with Crippen LogP contribution < -0.4 is 0 Å². The molecule has 1 aliphatic heterocycles. The molecular formula is C17H20O5. The summed E-state index contributed by atoms with van der Waals surface area (Å²) in [6.07, 6.45) is 2.52. The van der Waals surface area contributed by atoms with Crippen LogP contribution in [0.4, 0.5) is 0 Å². The van der Waals surface area contributed by atoms with E-state index in [4.69, 9.17) is 14.2 Å². The van der Waals surface area contributed by atoms with Crippen molar-refractivity contribution in [1.29, 1.82) is 0 Å². The molecular weight excluding hydrogens is 284 g/mol. The van der Waals surface area contributed by atoms with Crippen LogP contribution in [-0.2, 0) is 19.0 Å². The van der Waals surface area contributed by atoms with Gasteiger partial charge in [0, 0.05) is 27.1 Å². The Hall–Kier alpha value is -1.85. The molecule has 0 saturated heterocycles. The molecule has 0 spiro atoms. The molecule has 1 fully saturated rings. The number of ketones is 1. The third-order valence-corrected chi connectivity index (χ3v) is 4.53. The van der Waals surface area contributed by atoms with Crippen molar-refractivity contribution in [1.82, 2.24) is 0 Å². The van der Waals surface area contributed by atoms with Crippen molar-refractivity contribution in [3.05, 3.63) is 36.1 Å². The lowest BCUT2D eigenvalue weighted by Gasteiger charge is -2.41. The molecule has 0 radical (unpaired) electrons. The maximum absolute atomic E-state index is 12.9. The van der Waals surface area contributed by atoms with Crippen molar-refractivity contribution in [2.24, 2.45) is 5.92 Å². The van der Waals surface area contributed by atoms with E-state index in [1.165, 1.54) is 6.26 Å². The molecule has 22 heavy (non-hydrogen) atoms. The maximum Gasteiger partial charge on any atom is 0.175 e. The molecule has 1 heterocycles. The van der Waals surface area contributed by atoms with Crippen LogP contribution in [0.1, 0.15) is 18.4 Å². The summed E-state index contributed by atoms with van der Waals surface area (Å²) in [5.74, 6) is -0.115. The molecule has 1 N–H and O–H groups in total. The highest BCUT2D eigenvalue weighted by atomic mass is 16.5. The number of hydrogen-bond donors (Lipinski definition) is 1. The third kappa shape index (κ3) is 2.62. The summed E-state index contributed by atoms with van der Waals surface area (Å²) in [4.78, 5) is 12.9. The van der Waals surface area contributed by atoms with Crippen molar-refractivity contribution >= 4 is 11.4 Å². The first-order chi connectivity index (χ1) is 10.6. The lowest BCUT2D eigenvalue weighted by atomic mass is 9.76. The van der Waals surface area contributed by atoms with Gasteiger partial charge in [0.1, 0.15) is 11.9 Å². The van der Waals surface area contributed by atoms with E-state index >= 15 is 0 Å². The second-order valence-electron chi connectivity index (χ2n) is 5.75. The summed E-state index contributed by atoms with van der Waals surface area (Å²) >= 11 is 0. The third-order valence-electron chi connectivity index (χ3n) is 4.53. The van der Waals surface area contributed by atoms with Crippen molar-refractivity contribution in [3.63, 3.8) is 0 Å². The van der Waals surface area contributed by atoms with Gasteiger partial charge in [-0.2, -0.15) is 0 Å². The fourth-order valence-corrected chi connectivity index (χ4v) is 3.30. The summed E-state index contributed by atoms with van der Waals surface area (Å²) in [7, 11) is 3.28. The number of aromatic hydroxyl groups is 1. The number of methoxy groups -OCH3 is 2. The molecule has 1 saturated carbocycles. The number of hydrogen-bond acceptors (Lipinski definition) is 5. The van der Waals surface area contributed by atoms with Crippen LogP contribution in [0.2, 0.25) is 0 Å². The quantitative estimate of drug-likeness (QED) is 0.927. The van der Waals surface area contributed by atoms with Crippen LogP contribution in [0.25, 0.3) is 5.57 Å². The van der Waals surface area contributed by atoms with E-state index in [0.29, 0.717) is 18.4 Å². The van der Waals surface area contributed by atoms with Gasteiger partial charge in [-0.15, -0.1) is 0 Å². The Morgan fingerprint density at radius 3 is 2.50 bits per heavy atom. The zero-order valence-corrected chi connectivity index (χ0v) is 12.7. The van der Waals surface area contributed by atoms with E-state index < -0.39 is 0 Å². The van der Waals surface area contributed by atoms with Crippen LogP contribution >= 0.6 is 0 Å². The van der Waals surface area contributed by atoms with Gasteiger partial charge in [0.2, 0.25) is 0 Å². The van der Waals surface area contributed by atoms with Crippen LogP contribution in [0.3, 0.4) is 0 Å². The van der Waals surface area contributed by atoms with E-state index in [-0.39, 0.29) is 35.8 Å². The van der Waals surface area contributed by atoms with E-state index in [9.17, 15) is 9.90 Å². The number of ether oxygens (including phenoxy) is 3. The van der Waals surface area contributed by atoms with Gasteiger partial charge in [0.05, 0.1) is 30.0 Å². The second kappa shape index (κ2) is 6.10. The molecule has 1 aliphatic carbocycles. The highest BCUT2D eigenvalue weighted by molar-refractivity contribution is 6.22. The van der Waals surface area contributed by atoms with Gasteiger partial charge in [-0.05, 0) is 17.7 Å². The van der Waals surface area contributed by atoms with E-state index in [2.05, 4.69) is 0 Å². The number of phenols is 1. The molecule has 4 atom stereocenters. The first-order valence-corrected chi connectivity index (χ1v) is 7.39. The largest absolute Gasteiger partial charge is 0.508 e. The minimum Gasteiger partial charge on any atom is -0.508 e. The number of fused-ring (bicyclic) bond motifs is 1. The minimum atomic E-state index is -0.315. The zero-order valence-electron chi connectivity index (χ0n) is 12.7. The maximum atomic E-state index is 12.9. The summed E-state index contributed by atoms with van der Waals surface area (Å²) in [5, 5.41) is 9.38. The Morgan fingerprint density at radius 1 is 1.14 bits per heavy atom. The molecule has 5 nitrogen and oxygen atoms in total. The lowest BCUT2D eigenvalue weighted by Crippen LogP contribution is -2.50.